The monoisotopic (exact) mass is 196 g/mol. The fourth-order valence-electron chi connectivity index (χ4n) is 0.788. The first-order chi connectivity index (χ1) is 6.15. The lowest BCUT2D eigenvalue weighted by atomic mass is 10.2. The van der Waals surface area contributed by atoms with Crippen molar-refractivity contribution in [1.82, 2.24) is 0 Å². The summed E-state index contributed by atoms with van der Waals surface area (Å²) in [5, 5.41) is 10.1. The van der Waals surface area contributed by atoms with E-state index in [0.717, 1.165) is 0 Å². The van der Waals surface area contributed by atoms with Crippen LogP contribution in [-0.2, 0) is 11.1 Å². The Kier molecular flexibility index (Phi) is 2.99. The highest BCUT2D eigenvalue weighted by Crippen LogP contribution is 2.07. The Balaban J connectivity index is 3.00. The van der Waals surface area contributed by atoms with Gasteiger partial charge in [0.1, 0.15) is 0 Å². The number of hydrogen-bond acceptors (Lipinski definition) is 4. The number of amidine groups is 1. The van der Waals surface area contributed by atoms with Gasteiger partial charge < -0.3 is 4.55 Å². The molecule has 0 aromatic heterocycles. The second-order valence-corrected chi connectivity index (χ2v) is 3.16. The first-order valence-corrected chi connectivity index (χ1v) is 4.38. The summed E-state index contributed by atoms with van der Waals surface area (Å²) in [6.07, 6.45) is 0. The summed E-state index contributed by atoms with van der Waals surface area (Å²) in [6.45, 7) is 0. The fraction of sp³-hybridized carbons (Fsp3) is 0. The maximum atomic E-state index is 10.4. The first kappa shape index (κ1) is 9.69. The van der Waals surface area contributed by atoms with Gasteiger partial charge in [-0.25, -0.2) is 5.53 Å². The molecular formula is C7H6N3O2S-. The molecule has 0 spiro atoms. The van der Waals surface area contributed by atoms with Crippen molar-refractivity contribution in [3.63, 3.8) is 0 Å². The lowest BCUT2D eigenvalue weighted by molar-refractivity contribution is 0.537. The van der Waals surface area contributed by atoms with Crippen LogP contribution in [0.5, 0.6) is 0 Å². The van der Waals surface area contributed by atoms with Gasteiger partial charge in [0.15, 0.2) is 5.84 Å². The minimum absolute atomic E-state index is 0.154. The van der Waals surface area contributed by atoms with Crippen LogP contribution in [0.2, 0.25) is 0 Å². The Labute approximate surface area is 77.1 Å². The van der Waals surface area contributed by atoms with Gasteiger partial charge in [-0.1, -0.05) is 0 Å². The number of hydrogen-bond donors (Lipinski definition) is 2. The van der Waals surface area contributed by atoms with Crippen LogP contribution in [0.15, 0.2) is 34.3 Å². The average Bonchev–Trinajstić information content (AvgIpc) is 2.17. The smallest absolute Gasteiger partial charge is 0.173 e. The van der Waals surface area contributed by atoms with Gasteiger partial charge in [0.2, 0.25) is 0 Å². The number of benzene rings is 1. The van der Waals surface area contributed by atoms with Crippen molar-refractivity contribution in [1.29, 1.82) is 10.9 Å². The Hall–Kier alpha value is -1.40. The standard InChI is InChI=1S/C7H7N3O2S/c8-7(10-9)5-1-3-6(4-2-5)13(11)12/h1-4,8-9H,(H,11,12)/p-1. The molecule has 2 N–H and O–H groups in total. The summed E-state index contributed by atoms with van der Waals surface area (Å²) >= 11 is -2.25. The molecule has 13 heavy (non-hydrogen) atoms. The van der Waals surface area contributed by atoms with E-state index in [0.29, 0.717) is 5.56 Å². The van der Waals surface area contributed by atoms with Gasteiger partial charge >= 0.3 is 0 Å². The van der Waals surface area contributed by atoms with Crippen LogP contribution in [0.3, 0.4) is 0 Å². The van der Waals surface area contributed by atoms with Gasteiger partial charge in [-0.15, -0.1) is 5.11 Å². The molecule has 1 aromatic rings. The zero-order valence-corrected chi connectivity index (χ0v) is 7.30. The summed E-state index contributed by atoms with van der Waals surface area (Å²) in [5.74, 6) is -0.191. The van der Waals surface area contributed by atoms with Crippen LogP contribution in [0.25, 0.3) is 0 Å². The van der Waals surface area contributed by atoms with E-state index in [1.165, 1.54) is 24.3 Å². The van der Waals surface area contributed by atoms with Crippen molar-refractivity contribution in [3.05, 3.63) is 29.8 Å². The van der Waals surface area contributed by atoms with E-state index in [1.54, 1.807) is 0 Å². The zero-order chi connectivity index (χ0) is 9.84. The van der Waals surface area contributed by atoms with Gasteiger partial charge in [-0.05, 0) is 35.3 Å². The molecular weight excluding hydrogens is 190 g/mol. The molecule has 0 bridgehead atoms. The summed E-state index contributed by atoms with van der Waals surface area (Å²) < 4.78 is 20.9. The second-order valence-electron chi connectivity index (χ2n) is 2.22. The Bertz CT molecular complexity index is 361. The highest BCUT2D eigenvalue weighted by atomic mass is 32.2. The van der Waals surface area contributed by atoms with Gasteiger partial charge in [0, 0.05) is 10.5 Å². The van der Waals surface area contributed by atoms with Gasteiger partial charge in [0.25, 0.3) is 0 Å². The van der Waals surface area contributed by atoms with E-state index in [4.69, 9.17) is 10.9 Å². The molecule has 5 nitrogen and oxygen atoms in total. The van der Waals surface area contributed by atoms with Crippen molar-refractivity contribution in [2.24, 2.45) is 5.11 Å². The molecule has 68 valence electrons. The fourth-order valence-corrected chi connectivity index (χ4v) is 1.15. The van der Waals surface area contributed by atoms with Gasteiger partial charge in [0.05, 0.1) is 0 Å². The van der Waals surface area contributed by atoms with Crippen molar-refractivity contribution in [2.75, 3.05) is 0 Å². The minimum atomic E-state index is -2.25. The van der Waals surface area contributed by atoms with Gasteiger partial charge in [-0.2, -0.15) is 0 Å². The summed E-state index contributed by atoms with van der Waals surface area (Å²) in [4.78, 5) is 0.154. The molecule has 0 amide bonds. The molecule has 0 saturated carbocycles. The molecule has 0 heterocycles. The number of rotatable bonds is 2. The summed E-state index contributed by atoms with van der Waals surface area (Å²) in [6, 6.07) is 5.59. The van der Waals surface area contributed by atoms with Crippen molar-refractivity contribution >= 4 is 16.9 Å². The third-order valence-corrected chi connectivity index (χ3v) is 2.09. The molecule has 1 rings (SSSR count). The zero-order valence-electron chi connectivity index (χ0n) is 6.48. The maximum absolute atomic E-state index is 10.4. The van der Waals surface area contributed by atoms with Gasteiger partial charge in [-0.3, -0.25) is 9.62 Å². The SMILES string of the molecule is N=NC(=N)c1ccc(S(=O)[O-])cc1. The summed E-state index contributed by atoms with van der Waals surface area (Å²) in [7, 11) is 0. The van der Waals surface area contributed by atoms with E-state index in [2.05, 4.69) is 5.11 Å². The minimum Gasteiger partial charge on any atom is -0.768 e. The Morgan fingerprint density at radius 1 is 1.38 bits per heavy atom. The van der Waals surface area contributed by atoms with E-state index in [-0.39, 0.29) is 10.7 Å². The molecule has 0 fully saturated rings. The maximum Gasteiger partial charge on any atom is 0.173 e. The van der Waals surface area contributed by atoms with Crippen LogP contribution in [0, 0.1) is 10.9 Å². The molecule has 0 aliphatic rings. The summed E-state index contributed by atoms with van der Waals surface area (Å²) in [5.41, 5.74) is 6.98. The third kappa shape index (κ3) is 2.27. The molecule has 1 aromatic carbocycles. The van der Waals surface area contributed by atoms with E-state index >= 15 is 0 Å². The van der Waals surface area contributed by atoms with Crippen molar-refractivity contribution in [2.45, 2.75) is 4.90 Å². The molecule has 0 aliphatic heterocycles. The lowest BCUT2D eigenvalue weighted by Gasteiger charge is -2.04. The molecule has 0 radical (unpaired) electrons. The highest BCUT2D eigenvalue weighted by molar-refractivity contribution is 7.79. The van der Waals surface area contributed by atoms with Crippen LogP contribution in [0.4, 0.5) is 0 Å². The topological polar surface area (TPSA) is 100 Å². The van der Waals surface area contributed by atoms with E-state index < -0.39 is 11.1 Å². The molecule has 1 atom stereocenters. The Morgan fingerprint density at radius 2 is 1.92 bits per heavy atom. The van der Waals surface area contributed by atoms with Crippen LogP contribution < -0.4 is 0 Å². The lowest BCUT2D eigenvalue weighted by Crippen LogP contribution is -1.94. The molecule has 0 aliphatic carbocycles. The Morgan fingerprint density at radius 3 is 2.31 bits per heavy atom. The van der Waals surface area contributed by atoms with E-state index in [1.807, 2.05) is 0 Å². The van der Waals surface area contributed by atoms with Crippen molar-refractivity contribution < 1.29 is 8.76 Å². The quantitative estimate of drug-likeness (QED) is 0.322. The predicted octanol–water partition coefficient (Wildman–Crippen LogP) is 1.28. The van der Waals surface area contributed by atoms with Crippen molar-refractivity contribution in [3.8, 4) is 0 Å². The van der Waals surface area contributed by atoms with Crippen LogP contribution in [-0.4, -0.2) is 14.6 Å². The third-order valence-electron chi connectivity index (χ3n) is 1.43. The second kappa shape index (κ2) is 4.01. The molecule has 1 unspecified atom stereocenters. The van der Waals surface area contributed by atoms with Crippen LogP contribution >= 0.6 is 0 Å². The predicted molar refractivity (Wildman–Crippen MR) is 45.6 cm³/mol. The number of nitrogens with one attached hydrogen (secondary N) is 2. The molecule has 6 heteroatoms. The largest absolute Gasteiger partial charge is 0.768 e. The number of nitrogens with zero attached hydrogens (tertiary/aromatic N) is 1. The average molecular weight is 196 g/mol. The van der Waals surface area contributed by atoms with Crippen LogP contribution in [0.1, 0.15) is 5.56 Å². The molecule has 0 saturated heterocycles. The van der Waals surface area contributed by atoms with E-state index in [9.17, 15) is 8.76 Å². The normalized spacial score (nSPS) is 12.1. The first-order valence-electron chi connectivity index (χ1n) is 3.31. The highest BCUT2D eigenvalue weighted by Gasteiger charge is 1.98.